The van der Waals surface area contributed by atoms with Gasteiger partial charge in [-0.1, -0.05) is 99.8 Å². The molecule has 0 radical (unpaired) electrons. The van der Waals surface area contributed by atoms with Crippen molar-refractivity contribution >= 4 is 7.05 Å². The number of hydrogen-bond acceptors (Lipinski definition) is 1. The minimum Gasteiger partial charge on any atom is -0.270 e. The monoisotopic (exact) mass is 383 g/mol. The van der Waals surface area contributed by atoms with Crippen LogP contribution in [0.3, 0.4) is 0 Å². The molecule has 0 amide bonds. The Morgan fingerprint density at radius 2 is 1.25 bits per heavy atom. The third-order valence-electron chi connectivity index (χ3n) is 4.11. The quantitative estimate of drug-likeness (QED) is 0.262. The van der Waals surface area contributed by atoms with Gasteiger partial charge in [0.15, 0.2) is 0 Å². The summed E-state index contributed by atoms with van der Waals surface area (Å²) in [6, 6.07) is 0. The predicted molar refractivity (Wildman–Crippen MR) is 111 cm³/mol. The third-order valence-corrected chi connectivity index (χ3v) is 10.5. The van der Waals surface area contributed by atoms with E-state index in [0.717, 1.165) is 6.42 Å². The van der Waals surface area contributed by atoms with E-state index in [1.54, 1.807) is 12.2 Å². The van der Waals surface area contributed by atoms with Crippen LogP contribution in [0.25, 0.3) is 0 Å². The van der Waals surface area contributed by atoms with Crippen LogP contribution in [0, 0.1) is 0 Å². The second-order valence-electron chi connectivity index (χ2n) is 9.01. The van der Waals surface area contributed by atoms with Crippen LogP contribution in [0.15, 0.2) is 54.0 Å². The van der Waals surface area contributed by atoms with Gasteiger partial charge in [-0.25, -0.2) is 0 Å². The van der Waals surface area contributed by atoms with Crippen molar-refractivity contribution in [1.82, 2.24) is 0 Å². The molecule has 0 aromatic rings. The largest absolute Gasteiger partial charge is 0.270 e. The van der Waals surface area contributed by atoms with Crippen LogP contribution >= 0.6 is 7.05 Å². The van der Waals surface area contributed by atoms with E-state index in [4.69, 9.17) is 4.74 Å². The summed E-state index contributed by atoms with van der Waals surface area (Å²) in [7, 11) is -1.58. The van der Waals surface area contributed by atoms with Crippen molar-refractivity contribution in [2.75, 3.05) is 0 Å². The van der Waals surface area contributed by atoms with Crippen molar-refractivity contribution in [3.05, 3.63) is 49.2 Å². The van der Waals surface area contributed by atoms with Crippen molar-refractivity contribution in [3.63, 3.8) is 0 Å². The molecule has 0 atom stereocenters. The van der Waals surface area contributed by atoms with Gasteiger partial charge < -0.3 is 0 Å². The third kappa shape index (κ3) is 6.01. The van der Waals surface area contributed by atoms with Gasteiger partial charge in [-0.15, -0.1) is 0 Å². The minimum atomic E-state index is -1.58. The predicted octanol–water partition coefficient (Wildman–Crippen LogP) is 7.78. The Morgan fingerprint density at radius 1 is 0.875 bits per heavy atom. The van der Waals surface area contributed by atoms with Gasteiger partial charge in [0.1, 0.15) is 0 Å². The second kappa shape index (κ2) is 9.56. The van der Waals surface area contributed by atoms with Crippen LogP contribution in [0.5, 0.6) is 0 Å². The molecule has 0 heterocycles. The van der Waals surface area contributed by atoms with E-state index in [2.05, 4.69) is 93.7 Å². The fourth-order valence-corrected chi connectivity index (χ4v) is 11.6. The first-order valence-corrected chi connectivity index (χ1v) is 10.2. The molecule has 1 rings (SSSR count). The molecule has 0 saturated heterocycles. The molecule has 0 unspecified atom stereocenters. The van der Waals surface area contributed by atoms with E-state index in [-0.39, 0.29) is 37.2 Å². The first kappa shape index (κ1) is 26.1. The van der Waals surface area contributed by atoms with E-state index in [9.17, 15) is 0 Å². The Morgan fingerprint density at radius 3 is 1.46 bits per heavy atom. The standard InChI is InChI=1S/C17H32NP.C4H6.Ti/c1-15(2,3)19(16(4,5)6,17(7,8)9)18-14-12-10-11-13-14;1-3-4-2;/h10-12H,13H2,1-9H3;3-4H,1-2H2;. The molecule has 1 nitrogen and oxygen atoms in total. The Kier molecular flexibility index (Phi) is 10.4. The summed E-state index contributed by atoms with van der Waals surface area (Å²) in [5.41, 5.74) is 1.27. The minimum absolute atomic E-state index is 0. The van der Waals surface area contributed by atoms with Crippen LogP contribution in [0.2, 0.25) is 0 Å². The maximum atomic E-state index is 5.43. The van der Waals surface area contributed by atoms with Crippen molar-refractivity contribution in [3.8, 4) is 0 Å². The molecule has 1 aliphatic rings. The van der Waals surface area contributed by atoms with Gasteiger partial charge in [0, 0.05) is 33.8 Å². The molecule has 0 aromatic heterocycles. The summed E-state index contributed by atoms with van der Waals surface area (Å²) in [5, 5.41) is 0.646. The van der Waals surface area contributed by atoms with Crippen molar-refractivity contribution in [2.24, 2.45) is 4.74 Å². The molecular weight excluding hydrogens is 345 g/mol. The van der Waals surface area contributed by atoms with E-state index >= 15 is 0 Å². The van der Waals surface area contributed by atoms with Crippen LogP contribution in [0.1, 0.15) is 68.7 Å². The van der Waals surface area contributed by atoms with Gasteiger partial charge in [-0.05, 0) is 28.6 Å². The number of hydrogen-bond donors (Lipinski definition) is 0. The molecule has 0 spiro atoms. The first-order valence-electron chi connectivity index (χ1n) is 8.46. The van der Waals surface area contributed by atoms with Gasteiger partial charge in [0.25, 0.3) is 0 Å². The van der Waals surface area contributed by atoms with E-state index < -0.39 is 7.05 Å². The van der Waals surface area contributed by atoms with Crippen molar-refractivity contribution in [1.29, 1.82) is 0 Å². The number of nitrogens with zero attached hydrogens (tertiary/aromatic N) is 1. The molecule has 1 aliphatic carbocycles. The zero-order chi connectivity index (χ0) is 18.5. The first-order chi connectivity index (χ1) is 10.2. The second-order valence-corrected chi connectivity index (χ2v) is 14.5. The Balaban J connectivity index is 0. The van der Waals surface area contributed by atoms with Crippen LogP contribution in [-0.4, -0.2) is 15.5 Å². The van der Waals surface area contributed by atoms with Gasteiger partial charge in [-0.3, -0.25) is 4.74 Å². The molecule has 3 heteroatoms. The smallest absolute Gasteiger partial charge is 0.0425 e. The fourth-order valence-electron chi connectivity index (χ4n) is 4.17. The molecule has 0 N–H and O–H groups in total. The summed E-state index contributed by atoms with van der Waals surface area (Å²) in [5.74, 6) is 0. The summed E-state index contributed by atoms with van der Waals surface area (Å²) < 4.78 is 5.43. The van der Waals surface area contributed by atoms with Crippen molar-refractivity contribution < 1.29 is 21.7 Å². The fraction of sp³-hybridized carbons (Fsp3) is 0.619. The normalized spacial score (nSPS) is 14.8. The molecule has 0 aliphatic heterocycles. The maximum Gasteiger partial charge on any atom is 0.0425 e. The average molecular weight is 383 g/mol. The zero-order valence-electron chi connectivity index (χ0n) is 17.4. The van der Waals surface area contributed by atoms with Gasteiger partial charge >= 0.3 is 0 Å². The van der Waals surface area contributed by atoms with Crippen LogP contribution in [0.4, 0.5) is 0 Å². The molecule has 0 fully saturated rings. The Hall–Kier alpha value is -0.0957. The van der Waals surface area contributed by atoms with E-state index in [0.29, 0.717) is 0 Å². The molecule has 0 saturated carbocycles. The van der Waals surface area contributed by atoms with Crippen LogP contribution in [-0.2, 0) is 21.7 Å². The van der Waals surface area contributed by atoms with Gasteiger partial charge in [0.05, 0.1) is 0 Å². The zero-order valence-corrected chi connectivity index (χ0v) is 19.9. The summed E-state index contributed by atoms with van der Waals surface area (Å²) in [6.45, 7) is 28.1. The Bertz CT molecular complexity index is 483. The van der Waals surface area contributed by atoms with Crippen LogP contribution < -0.4 is 0 Å². The SMILES string of the molecule is C=CC=C.CC(C)(C)P(=NC1=CC=CC1)(C(C)(C)C)C(C)(C)C.[Ti]. The van der Waals surface area contributed by atoms with Crippen molar-refractivity contribution in [2.45, 2.75) is 84.2 Å². The van der Waals surface area contributed by atoms with Gasteiger partial charge in [-0.2, -0.15) is 0 Å². The topological polar surface area (TPSA) is 12.4 Å². The molecule has 0 aromatic carbocycles. The molecular formula is C21H38NPTi. The average Bonchev–Trinajstić information content (AvgIpc) is 2.84. The summed E-state index contributed by atoms with van der Waals surface area (Å²) in [4.78, 5) is 0. The van der Waals surface area contributed by atoms with E-state index in [1.807, 2.05) is 0 Å². The molecule has 24 heavy (non-hydrogen) atoms. The number of allylic oxidation sites excluding steroid dienone is 5. The summed E-state index contributed by atoms with van der Waals surface area (Å²) >= 11 is 0. The Labute approximate surface area is 166 Å². The number of rotatable bonds is 2. The molecule has 0 bridgehead atoms. The molecule has 136 valence electrons. The summed E-state index contributed by atoms with van der Waals surface area (Å²) in [6.07, 6.45) is 10.8. The van der Waals surface area contributed by atoms with Gasteiger partial charge in [0.2, 0.25) is 0 Å². The van der Waals surface area contributed by atoms with E-state index in [1.165, 1.54) is 5.70 Å². The maximum absolute atomic E-state index is 5.43.